The van der Waals surface area contributed by atoms with Crippen LogP contribution in [0, 0.1) is 41.2 Å². The van der Waals surface area contributed by atoms with E-state index in [9.17, 15) is 23.6 Å². The Morgan fingerprint density at radius 3 is 2.63 bits per heavy atom. The average molecular weight is 407 g/mol. The Hall–Kier alpha value is -4.11. The molecular formula is C21H15F2N5O2. The van der Waals surface area contributed by atoms with Crippen molar-refractivity contribution in [2.24, 2.45) is 0 Å². The number of carbonyl (C=O) groups is 1. The van der Waals surface area contributed by atoms with Crippen molar-refractivity contribution in [3.8, 4) is 12.1 Å². The molecule has 2 aromatic heterocycles. The molecule has 2 heterocycles. The molecule has 1 amide bonds. The fourth-order valence-electron chi connectivity index (χ4n) is 3.26. The van der Waals surface area contributed by atoms with Gasteiger partial charge in [-0.25, -0.2) is 8.78 Å². The molecule has 0 radical (unpaired) electrons. The Morgan fingerprint density at radius 1 is 1.27 bits per heavy atom. The van der Waals surface area contributed by atoms with Crippen LogP contribution in [0.25, 0.3) is 10.9 Å². The van der Waals surface area contributed by atoms with Gasteiger partial charge >= 0.3 is 0 Å². The number of rotatable bonds is 4. The van der Waals surface area contributed by atoms with E-state index in [1.807, 2.05) is 0 Å². The minimum atomic E-state index is -0.822. The molecule has 0 saturated heterocycles. The smallest absolute Gasteiger partial charge is 0.252 e. The van der Waals surface area contributed by atoms with Gasteiger partial charge in [-0.3, -0.25) is 14.6 Å². The second-order valence-corrected chi connectivity index (χ2v) is 6.68. The number of halogens is 2. The molecular weight excluding hydrogens is 392 g/mol. The van der Waals surface area contributed by atoms with E-state index in [2.05, 4.69) is 15.3 Å². The summed E-state index contributed by atoms with van der Waals surface area (Å²) in [5.41, 5.74) is -0.0928. The van der Waals surface area contributed by atoms with Gasteiger partial charge in [0.1, 0.15) is 23.8 Å². The molecule has 1 atom stereocenters. The van der Waals surface area contributed by atoms with Crippen molar-refractivity contribution in [2.75, 3.05) is 0 Å². The summed E-state index contributed by atoms with van der Waals surface area (Å²) in [6.45, 7) is 3.04. The highest BCUT2D eigenvalue weighted by Gasteiger charge is 2.20. The van der Waals surface area contributed by atoms with E-state index >= 15 is 0 Å². The van der Waals surface area contributed by atoms with E-state index in [1.165, 1.54) is 26.1 Å². The zero-order valence-electron chi connectivity index (χ0n) is 16.0. The molecule has 30 heavy (non-hydrogen) atoms. The number of nitrogens with one attached hydrogen (secondary N) is 2. The van der Waals surface area contributed by atoms with Crippen LogP contribution in [0.3, 0.4) is 0 Å². The van der Waals surface area contributed by atoms with Gasteiger partial charge in [0.15, 0.2) is 0 Å². The number of fused-ring (bicyclic) bond motifs is 1. The molecule has 0 aliphatic carbocycles. The molecule has 0 aliphatic rings. The van der Waals surface area contributed by atoms with Crippen LogP contribution < -0.4 is 10.9 Å². The summed E-state index contributed by atoms with van der Waals surface area (Å²) in [7, 11) is 0. The van der Waals surface area contributed by atoms with Gasteiger partial charge in [-0.15, -0.1) is 0 Å². The Kier molecular flexibility index (Phi) is 5.56. The second-order valence-electron chi connectivity index (χ2n) is 6.68. The highest BCUT2D eigenvalue weighted by Crippen LogP contribution is 2.24. The number of hydrogen-bond acceptors (Lipinski definition) is 5. The topological polar surface area (TPSA) is 122 Å². The molecule has 150 valence electrons. The van der Waals surface area contributed by atoms with E-state index in [1.54, 1.807) is 12.1 Å². The van der Waals surface area contributed by atoms with E-state index in [-0.39, 0.29) is 39.7 Å². The number of aryl methyl sites for hydroxylation is 1. The summed E-state index contributed by atoms with van der Waals surface area (Å²) >= 11 is 0. The van der Waals surface area contributed by atoms with E-state index in [0.29, 0.717) is 5.56 Å². The summed E-state index contributed by atoms with van der Waals surface area (Å²) in [4.78, 5) is 31.3. The van der Waals surface area contributed by atoms with E-state index in [0.717, 1.165) is 12.1 Å². The molecule has 9 heteroatoms. The zero-order valence-corrected chi connectivity index (χ0v) is 16.0. The van der Waals surface area contributed by atoms with Crippen LogP contribution in [0.2, 0.25) is 0 Å². The zero-order chi connectivity index (χ0) is 22.0. The molecule has 0 bridgehead atoms. The summed E-state index contributed by atoms with van der Waals surface area (Å²) in [5, 5.41) is 20.8. The van der Waals surface area contributed by atoms with Gasteiger partial charge in [-0.05, 0) is 37.6 Å². The van der Waals surface area contributed by atoms with E-state index < -0.39 is 29.1 Å². The normalized spacial score (nSPS) is 11.5. The lowest BCUT2D eigenvalue weighted by Gasteiger charge is -2.15. The number of aromatic amines is 1. The third-order valence-corrected chi connectivity index (χ3v) is 4.74. The van der Waals surface area contributed by atoms with Crippen LogP contribution in [0.5, 0.6) is 0 Å². The predicted octanol–water partition coefficient (Wildman–Crippen LogP) is 2.67. The number of carbonyl (C=O) groups excluding carboxylic acids is 1. The number of H-pyrrole nitrogens is 1. The molecule has 0 saturated carbocycles. The van der Waals surface area contributed by atoms with Gasteiger partial charge in [0.2, 0.25) is 5.91 Å². The maximum absolute atomic E-state index is 14.1. The van der Waals surface area contributed by atoms with Gasteiger partial charge in [0, 0.05) is 17.1 Å². The molecule has 3 rings (SSSR count). The first-order chi connectivity index (χ1) is 14.3. The number of pyridine rings is 2. The molecule has 0 fully saturated rings. The minimum absolute atomic E-state index is 0.0497. The van der Waals surface area contributed by atoms with Crippen molar-refractivity contribution in [1.29, 1.82) is 10.5 Å². The van der Waals surface area contributed by atoms with Gasteiger partial charge in [0.05, 0.1) is 34.8 Å². The predicted molar refractivity (Wildman–Crippen MR) is 103 cm³/mol. The Labute approximate surface area is 169 Å². The third kappa shape index (κ3) is 3.74. The Morgan fingerprint density at radius 2 is 2.00 bits per heavy atom. The van der Waals surface area contributed by atoms with Gasteiger partial charge < -0.3 is 10.3 Å². The van der Waals surface area contributed by atoms with E-state index in [4.69, 9.17) is 5.26 Å². The van der Waals surface area contributed by atoms with Crippen LogP contribution in [-0.2, 0) is 11.2 Å². The quantitative estimate of drug-likeness (QED) is 0.688. The average Bonchev–Trinajstić information content (AvgIpc) is 2.71. The first-order valence-electron chi connectivity index (χ1n) is 8.85. The number of aromatic nitrogens is 2. The summed E-state index contributed by atoms with van der Waals surface area (Å²) in [5.74, 6) is -2.06. The van der Waals surface area contributed by atoms with Crippen molar-refractivity contribution in [2.45, 2.75) is 26.3 Å². The van der Waals surface area contributed by atoms with Crippen LogP contribution in [0.1, 0.15) is 40.9 Å². The first kappa shape index (κ1) is 20.6. The largest absolute Gasteiger partial charge is 0.348 e. The molecule has 0 unspecified atom stereocenters. The third-order valence-electron chi connectivity index (χ3n) is 4.74. The van der Waals surface area contributed by atoms with Crippen molar-refractivity contribution < 1.29 is 13.6 Å². The van der Waals surface area contributed by atoms with Crippen LogP contribution >= 0.6 is 0 Å². The monoisotopic (exact) mass is 407 g/mol. The minimum Gasteiger partial charge on any atom is -0.348 e. The molecule has 2 N–H and O–H groups in total. The lowest BCUT2D eigenvalue weighted by Crippen LogP contribution is -2.31. The maximum Gasteiger partial charge on any atom is 0.252 e. The number of amides is 1. The first-order valence-corrected chi connectivity index (χ1v) is 8.85. The fraction of sp³-hybridized carbons (Fsp3) is 0.190. The van der Waals surface area contributed by atoms with Crippen molar-refractivity contribution >= 4 is 16.8 Å². The second kappa shape index (κ2) is 8.10. The summed E-state index contributed by atoms with van der Waals surface area (Å²) in [6.07, 6.45) is 0.831. The van der Waals surface area contributed by atoms with Crippen molar-refractivity contribution in [1.82, 2.24) is 15.3 Å². The molecule has 3 aromatic rings. The lowest BCUT2D eigenvalue weighted by atomic mass is 9.98. The maximum atomic E-state index is 14.1. The summed E-state index contributed by atoms with van der Waals surface area (Å²) in [6, 6.07) is 6.18. The number of nitrogens with zero attached hydrogens (tertiary/aromatic N) is 3. The highest BCUT2D eigenvalue weighted by atomic mass is 19.1. The fourth-order valence-corrected chi connectivity index (χ4v) is 3.26. The highest BCUT2D eigenvalue weighted by molar-refractivity contribution is 5.90. The Bertz CT molecular complexity index is 1320. The number of hydrogen-bond donors (Lipinski definition) is 2. The van der Waals surface area contributed by atoms with Crippen LogP contribution in [-0.4, -0.2) is 15.9 Å². The number of benzene rings is 1. The van der Waals surface area contributed by atoms with Crippen molar-refractivity contribution in [3.63, 3.8) is 0 Å². The molecule has 7 nitrogen and oxygen atoms in total. The number of nitriles is 2. The van der Waals surface area contributed by atoms with Gasteiger partial charge in [-0.2, -0.15) is 10.5 Å². The lowest BCUT2D eigenvalue weighted by molar-refractivity contribution is -0.121. The van der Waals surface area contributed by atoms with Crippen LogP contribution in [0.4, 0.5) is 8.78 Å². The standard InChI is InChI=1S/C21H15F2N5O2/c1-10-13(21(30)28-17-4-3-15(22)14(8-25)19(10)17)6-18(29)27-11(2)20-16(23)5-12(7-24)9-26-20/h3-5,9,11H,6H2,1-2H3,(H,27,29)(H,28,30)/t11-/m1/s1. The van der Waals surface area contributed by atoms with Gasteiger partial charge in [-0.1, -0.05) is 0 Å². The summed E-state index contributed by atoms with van der Waals surface area (Å²) < 4.78 is 28.1. The van der Waals surface area contributed by atoms with Gasteiger partial charge in [0.25, 0.3) is 5.56 Å². The Balaban J connectivity index is 1.91. The molecule has 0 aliphatic heterocycles. The van der Waals surface area contributed by atoms with Crippen molar-refractivity contribution in [3.05, 3.63) is 74.3 Å². The van der Waals surface area contributed by atoms with Crippen LogP contribution in [0.15, 0.2) is 29.2 Å². The molecule has 1 aromatic carbocycles. The SMILES string of the molecule is Cc1c(CC(=O)N[C@H](C)c2ncc(C#N)cc2F)c(=O)[nH]c2ccc(F)c(C#N)c12. The molecule has 0 spiro atoms.